The number of aliphatic hydroxyl groups excluding tert-OH is 1. The first-order valence-corrected chi connectivity index (χ1v) is 7.77. The smallest absolute Gasteiger partial charge is 0.240 e. The van der Waals surface area contributed by atoms with Gasteiger partial charge in [0.25, 0.3) is 0 Å². The van der Waals surface area contributed by atoms with Crippen LogP contribution in [0.4, 0.5) is 0 Å². The number of carbonyl (C=O) groups is 1. The van der Waals surface area contributed by atoms with E-state index >= 15 is 0 Å². The van der Waals surface area contributed by atoms with Crippen LogP contribution in [-0.2, 0) is 4.79 Å². The highest BCUT2D eigenvalue weighted by Gasteiger charge is 2.35. The van der Waals surface area contributed by atoms with E-state index in [1.54, 1.807) is 6.92 Å². The molecule has 1 aromatic carbocycles. The molecule has 0 saturated carbocycles. The van der Waals surface area contributed by atoms with Crippen molar-refractivity contribution in [2.45, 2.75) is 50.7 Å². The van der Waals surface area contributed by atoms with E-state index in [4.69, 9.17) is 0 Å². The van der Waals surface area contributed by atoms with Crippen molar-refractivity contribution in [1.29, 1.82) is 0 Å². The Morgan fingerprint density at radius 3 is 2.71 bits per heavy atom. The molecular formula is C17H26N2O2. The minimum Gasteiger partial charge on any atom is -0.393 e. The molecule has 3 unspecified atom stereocenters. The summed E-state index contributed by atoms with van der Waals surface area (Å²) >= 11 is 0. The molecule has 3 atom stereocenters. The molecule has 1 heterocycles. The van der Waals surface area contributed by atoms with Crippen molar-refractivity contribution in [3.05, 3.63) is 35.9 Å². The summed E-state index contributed by atoms with van der Waals surface area (Å²) < 4.78 is 0. The van der Waals surface area contributed by atoms with Crippen molar-refractivity contribution >= 4 is 5.91 Å². The molecule has 0 radical (unpaired) electrons. The van der Waals surface area contributed by atoms with Gasteiger partial charge in [-0.25, -0.2) is 0 Å². The van der Waals surface area contributed by atoms with E-state index in [1.807, 2.05) is 25.1 Å². The molecule has 4 heteroatoms. The van der Waals surface area contributed by atoms with Crippen LogP contribution in [-0.4, -0.2) is 35.7 Å². The maximum Gasteiger partial charge on any atom is 0.240 e. The lowest BCUT2D eigenvalue weighted by atomic mass is 9.92. The molecular weight excluding hydrogens is 264 g/mol. The van der Waals surface area contributed by atoms with Crippen molar-refractivity contribution in [2.75, 3.05) is 13.1 Å². The molecule has 0 aliphatic carbocycles. The van der Waals surface area contributed by atoms with E-state index in [0.717, 1.165) is 24.9 Å². The van der Waals surface area contributed by atoms with Gasteiger partial charge in [0.2, 0.25) is 5.91 Å². The van der Waals surface area contributed by atoms with Crippen LogP contribution in [0.1, 0.15) is 44.6 Å². The number of hydrogen-bond donors (Lipinski definition) is 3. The fourth-order valence-corrected chi connectivity index (χ4v) is 2.97. The molecule has 1 fully saturated rings. The molecule has 21 heavy (non-hydrogen) atoms. The second-order valence-electron chi connectivity index (χ2n) is 6.26. The number of nitrogens with one attached hydrogen (secondary N) is 2. The van der Waals surface area contributed by atoms with Gasteiger partial charge in [-0.2, -0.15) is 0 Å². The summed E-state index contributed by atoms with van der Waals surface area (Å²) in [6, 6.07) is 10.1. The predicted molar refractivity (Wildman–Crippen MR) is 84.1 cm³/mol. The fourth-order valence-electron chi connectivity index (χ4n) is 2.97. The summed E-state index contributed by atoms with van der Waals surface area (Å²) in [5.74, 6) is 0.201. The lowest BCUT2D eigenvalue weighted by molar-refractivity contribution is -0.126. The lowest BCUT2D eigenvalue weighted by Crippen LogP contribution is -2.51. The molecule has 2 rings (SSSR count). The number of aliphatic hydroxyl groups is 1. The molecule has 4 nitrogen and oxygen atoms in total. The van der Waals surface area contributed by atoms with Gasteiger partial charge in [-0.15, -0.1) is 0 Å². The highest BCUT2D eigenvalue weighted by atomic mass is 16.3. The fraction of sp³-hybridized carbons (Fsp3) is 0.588. The van der Waals surface area contributed by atoms with Gasteiger partial charge in [0, 0.05) is 12.5 Å². The SMILES string of the molecule is CC(O)CC(CNC(=O)C1(C)CCCN1)c1ccccc1. The zero-order valence-corrected chi connectivity index (χ0v) is 12.9. The molecule has 0 bridgehead atoms. The molecule has 116 valence electrons. The topological polar surface area (TPSA) is 61.4 Å². The quantitative estimate of drug-likeness (QED) is 0.748. The molecule has 1 aliphatic rings. The average molecular weight is 290 g/mol. The Hall–Kier alpha value is -1.39. The number of hydrogen-bond acceptors (Lipinski definition) is 3. The van der Waals surface area contributed by atoms with E-state index < -0.39 is 5.54 Å². The highest BCUT2D eigenvalue weighted by Crippen LogP contribution is 2.22. The zero-order chi connectivity index (χ0) is 15.3. The summed E-state index contributed by atoms with van der Waals surface area (Å²) in [5.41, 5.74) is 0.717. The summed E-state index contributed by atoms with van der Waals surface area (Å²) in [7, 11) is 0. The Morgan fingerprint density at radius 2 is 2.14 bits per heavy atom. The standard InChI is InChI=1S/C17H26N2O2/c1-13(20)11-15(14-7-4-3-5-8-14)12-18-16(21)17(2)9-6-10-19-17/h3-5,7-8,13,15,19-20H,6,9-12H2,1-2H3,(H,18,21). The Kier molecular flexibility index (Phi) is 5.37. The molecule has 1 aliphatic heterocycles. The second kappa shape index (κ2) is 7.05. The lowest BCUT2D eigenvalue weighted by Gasteiger charge is -2.26. The van der Waals surface area contributed by atoms with Crippen LogP contribution in [0.2, 0.25) is 0 Å². The minimum absolute atomic E-state index is 0.0616. The van der Waals surface area contributed by atoms with Gasteiger partial charge < -0.3 is 15.7 Å². The van der Waals surface area contributed by atoms with Crippen LogP contribution in [0.5, 0.6) is 0 Å². The first kappa shape index (κ1) is 16.0. The van der Waals surface area contributed by atoms with Crippen LogP contribution < -0.4 is 10.6 Å². The monoisotopic (exact) mass is 290 g/mol. The average Bonchev–Trinajstić information content (AvgIpc) is 2.92. The first-order valence-electron chi connectivity index (χ1n) is 7.77. The van der Waals surface area contributed by atoms with Crippen molar-refractivity contribution in [2.24, 2.45) is 0 Å². The number of benzene rings is 1. The highest BCUT2D eigenvalue weighted by molar-refractivity contribution is 5.86. The van der Waals surface area contributed by atoms with E-state index in [1.165, 1.54) is 0 Å². The van der Waals surface area contributed by atoms with Crippen LogP contribution in [0, 0.1) is 0 Å². The van der Waals surface area contributed by atoms with Crippen molar-refractivity contribution in [3.8, 4) is 0 Å². The first-order chi connectivity index (χ1) is 10.0. The van der Waals surface area contributed by atoms with Crippen molar-refractivity contribution < 1.29 is 9.90 Å². The van der Waals surface area contributed by atoms with Crippen molar-refractivity contribution in [3.63, 3.8) is 0 Å². The minimum atomic E-state index is -0.438. The van der Waals surface area contributed by atoms with Crippen LogP contribution in [0.25, 0.3) is 0 Å². The van der Waals surface area contributed by atoms with Crippen LogP contribution in [0.15, 0.2) is 30.3 Å². The molecule has 0 aromatic heterocycles. The number of rotatable bonds is 6. The van der Waals surface area contributed by atoms with Gasteiger partial charge in [-0.05, 0) is 45.2 Å². The Balaban J connectivity index is 1.97. The molecule has 0 spiro atoms. The number of carbonyl (C=O) groups excluding carboxylic acids is 1. The van der Waals surface area contributed by atoms with Gasteiger partial charge >= 0.3 is 0 Å². The summed E-state index contributed by atoms with van der Waals surface area (Å²) in [6.07, 6.45) is 2.19. The third kappa shape index (κ3) is 4.29. The summed E-state index contributed by atoms with van der Waals surface area (Å²) in [5, 5.41) is 16.0. The largest absolute Gasteiger partial charge is 0.393 e. The maximum absolute atomic E-state index is 12.4. The third-order valence-electron chi connectivity index (χ3n) is 4.28. The van der Waals surface area contributed by atoms with Crippen LogP contribution >= 0.6 is 0 Å². The third-order valence-corrected chi connectivity index (χ3v) is 4.28. The molecule has 1 saturated heterocycles. The predicted octanol–water partition coefficient (Wildman–Crippen LogP) is 1.80. The van der Waals surface area contributed by atoms with Gasteiger partial charge in [0.05, 0.1) is 11.6 Å². The van der Waals surface area contributed by atoms with E-state index in [9.17, 15) is 9.90 Å². The summed E-state index contributed by atoms with van der Waals surface area (Å²) in [4.78, 5) is 12.4. The van der Waals surface area contributed by atoms with E-state index in [0.29, 0.717) is 13.0 Å². The van der Waals surface area contributed by atoms with E-state index in [-0.39, 0.29) is 17.9 Å². The normalized spacial score (nSPS) is 24.5. The Morgan fingerprint density at radius 1 is 1.43 bits per heavy atom. The Bertz CT molecular complexity index is 453. The van der Waals surface area contributed by atoms with Crippen LogP contribution in [0.3, 0.4) is 0 Å². The zero-order valence-electron chi connectivity index (χ0n) is 12.9. The van der Waals surface area contributed by atoms with Gasteiger partial charge in [0.1, 0.15) is 0 Å². The number of amides is 1. The molecule has 3 N–H and O–H groups in total. The van der Waals surface area contributed by atoms with Gasteiger partial charge in [-0.3, -0.25) is 4.79 Å². The van der Waals surface area contributed by atoms with E-state index in [2.05, 4.69) is 22.8 Å². The molecule has 1 amide bonds. The van der Waals surface area contributed by atoms with Gasteiger partial charge in [0.15, 0.2) is 0 Å². The molecule has 1 aromatic rings. The van der Waals surface area contributed by atoms with Crippen molar-refractivity contribution in [1.82, 2.24) is 10.6 Å². The maximum atomic E-state index is 12.4. The Labute approximate surface area is 126 Å². The summed E-state index contributed by atoms with van der Waals surface area (Å²) in [6.45, 7) is 5.21. The second-order valence-corrected chi connectivity index (χ2v) is 6.26. The van der Waals surface area contributed by atoms with Gasteiger partial charge in [-0.1, -0.05) is 30.3 Å².